The smallest absolute Gasteiger partial charge is 0.857 e. The number of anilines is 1. The number of amides is 3. The molecule has 0 atom stereocenters. The van der Waals surface area contributed by atoms with Gasteiger partial charge in [0.25, 0.3) is 0 Å². The van der Waals surface area contributed by atoms with Gasteiger partial charge in [0.1, 0.15) is 0 Å². The molecule has 2 N–H and O–H groups in total. The molecule has 2 aromatic rings. The Bertz CT molecular complexity index is 944. The van der Waals surface area contributed by atoms with E-state index >= 15 is 0 Å². The van der Waals surface area contributed by atoms with E-state index in [1.165, 1.54) is 24.9 Å². The largest absolute Gasteiger partial charge is 1.00 e. The van der Waals surface area contributed by atoms with Crippen molar-refractivity contribution in [2.45, 2.75) is 25.2 Å². The molecule has 5 rings (SSSR count). The van der Waals surface area contributed by atoms with Crippen molar-refractivity contribution in [1.29, 1.82) is 0 Å². The standard InChI is InChI=1S/C22H27N5O2.CH3O.K/c28-21-4-7-27(22(29)25-21)20-13-24-12-19-17(2-1-3-18(19)20)16-10-15(11-16)14-26-8-5-23-6-9-26;1-2;/h1-3,12-13,15-16,23H,4-11,14H2,(H,25,28,29);1H3;/q;-1;+1. The van der Waals surface area contributed by atoms with Crippen LogP contribution >= 0.6 is 0 Å². The summed E-state index contributed by atoms with van der Waals surface area (Å²) >= 11 is 0. The number of carbonyl (C=O) groups excluding carboxylic acids is 2. The minimum absolute atomic E-state index is 0. The normalized spacial score (nSPS) is 23.5. The van der Waals surface area contributed by atoms with Crippen molar-refractivity contribution in [3.05, 3.63) is 36.2 Å². The van der Waals surface area contributed by atoms with Crippen LogP contribution in [0.1, 0.15) is 30.7 Å². The summed E-state index contributed by atoms with van der Waals surface area (Å²) in [4.78, 5) is 32.5. The topological polar surface area (TPSA) is 101 Å². The molecule has 1 aliphatic carbocycles. The number of hydrogen-bond donors (Lipinski definition) is 2. The van der Waals surface area contributed by atoms with E-state index in [2.05, 4.69) is 38.7 Å². The van der Waals surface area contributed by atoms with Crippen LogP contribution in [0.5, 0.6) is 0 Å². The predicted octanol–water partition coefficient (Wildman–Crippen LogP) is -1.94. The second kappa shape index (κ2) is 12.0. The van der Waals surface area contributed by atoms with Crippen molar-refractivity contribution in [2.75, 3.05) is 51.3 Å². The zero-order valence-corrected chi connectivity index (χ0v) is 22.1. The van der Waals surface area contributed by atoms with Gasteiger partial charge in [-0.05, 0) is 30.2 Å². The Labute approximate surface area is 231 Å². The minimum Gasteiger partial charge on any atom is -0.857 e. The van der Waals surface area contributed by atoms with E-state index in [4.69, 9.17) is 5.11 Å². The molecule has 1 aromatic carbocycles. The van der Waals surface area contributed by atoms with Gasteiger partial charge in [0, 0.05) is 62.7 Å². The molecule has 3 aliphatic rings. The van der Waals surface area contributed by atoms with Gasteiger partial charge in [0.05, 0.1) is 11.9 Å². The fraction of sp³-hybridized carbons (Fsp3) is 0.522. The second-order valence-corrected chi connectivity index (χ2v) is 8.44. The van der Waals surface area contributed by atoms with Gasteiger partial charge in [0.15, 0.2) is 0 Å². The molecule has 3 fully saturated rings. The third-order valence-corrected chi connectivity index (χ3v) is 6.56. The molecule has 0 radical (unpaired) electrons. The minimum atomic E-state index is -0.360. The Hall–Kier alpha value is -0.914. The van der Waals surface area contributed by atoms with Crippen molar-refractivity contribution >= 4 is 28.4 Å². The summed E-state index contributed by atoms with van der Waals surface area (Å²) in [6.45, 7) is 6.11. The molecule has 9 heteroatoms. The molecule has 3 heterocycles. The van der Waals surface area contributed by atoms with Crippen LogP contribution in [0.25, 0.3) is 10.8 Å². The van der Waals surface area contributed by atoms with Crippen LogP contribution < -0.4 is 72.0 Å². The maximum absolute atomic E-state index is 12.3. The van der Waals surface area contributed by atoms with E-state index < -0.39 is 0 Å². The number of carbonyl (C=O) groups is 2. The van der Waals surface area contributed by atoms with Gasteiger partial charge in [-0.25, -0.2) is 4.79 Å². The summed E-state index contributed by atoms with van der Waals surface area (Å²) < 4.78 is 0. The van der Waals surface area contributed by atoms with Crippen molar-refractivity contribution in [3.63, 3.8) is 0 Å². The molecule has 1 aromatic heterocycles. The van der Waals surface area contributed by atoms with Crippen LogP contribution in [0.2, 0.25) is 0 Å². The van der Waals surface area contributed by atoms with Crippen LogP contribution in [0.15, 0.2) is 30.6 Å². The fourth-order valence-electron chi connectivity index (χ4n) is 4.97. The number of imide groups is 1. The number of urea groups is 1. The fourth-order valence-corrected chi connectivity index (χ4v) is 4.97. The van der Waals surface area contributed by atoms with E-state index in [-0.39, 0.29) is 63.3 Å². The summed E-state index contributed by atoms with van der Waals surface area (Å²) in [5.41, 5.74) is 2.12. The maximum atomic E-state index is 12.3. The van der Waals surface area contributed by atoms with Gasteiger partial charge in [-0.2, -0.15) is 7.11 Å². The Balaban J connectivity index is 0.000000938. The summed E-state index contributed by atoms with van der Waals surface area (Å²) in [7, 11) is 0.750. The van der Waals surface area contributed by atoms with Crippen LogP contribution in [0.4, 0.5) is 10.5 Å². The van der Waals surface area contributed by atoms with Crippen LogP contribution in [-0.4, -0.2) is 68.2 Å². The molecule has 3 amide bonds. The maximum Gasteiger partial charge on any atom is 1.00 e. The van der Waals surface area contributed by atoms with Gasteiger partial charge >= 0.3 is 57.4 Å². The van der Waals surface area contributed by atoms with E-state index in [1.807, 2.05) is 6.20 Å². The summed E-state index contributed by atoms with van der Waals surface area (Å²) in [5.74, 6) is 1.11. The quantitative estimate of drug-likeness (QED) is 0.512. The van der Waals surface area contributed by atoms with E-state index in [0.717, 1.165) is 55.7 Å². The summed E-state index contributed by atoms with van der Waals surface area (Å²) in [6, 6.07) is 5.98. The number of benzene rings is 1. The third kappa shape index (κ3) is 5.59. The van der Waals surface area contributed by atoms with Crippen LogP contribution in [0.3, 0.4) is 0 Å². The number of aromatic nitrogens is 1. The SMILES string of the molecule is C[O-].O=C1CCN(c2cncc3c(C4CC(CN5CCNCC5)C4)cccc23)C(=O)N1.[K+]. The number of hydrogen-bond acceptors (Lipinski definition) is 6. The first kappa shape index (κ1) is 25.7. The predicted molar refractivity (Wildman–Crippen MR) is 118 cm³/mol. The Kier molecular flexibility index (Phi) is 9.63. The Morgan fingerprint density at radius 1 is 1.06 bits per heavy atom. The van der Waals surface area contributed by atoms with Gasteiger partial charge < -0.3 is 15.3 Å². The molecule has 8 nitrogen and oxygen atoms in total. The number of rotatable bonds is 4. The van der Waals surface area contributed by atoms with Gasteiger partial charge in [-0.1, -0.05) is 18.2 Å². The zero-order valence-electron chi connectivity index (χ0n) is 19.0. The number of nitrogens with zero attached hydrogens (tertiary/aromatic N) is 3. The number of piperazine rings is 1. The molecule has 2 saturated heterocycles. The first-order valence-corrected chi connectivity index (χ1v) is 11.0. The average Bonchev–Trinajstić information content (AvgIpc) is 2.78. The van der Waals surface area contributed by atoms with E-state index in [0.29, 0.717) is 18.9 Å². The zero-order chi connectivity index (χ0) is 21.8. The number of nitrogens with one attached hydrogen (secondary N) is 2. The number of pyridine rings is 1. The third-order valence-electron chi connectivity index (χ3n) is 6.56. The summed E-state index contributed by atoms with van der Waals surface area (Å²) in [6.07, 6.45) is 6.40. The molecular weight excluding hydrogens is 433 g/mol. The van der Waals surface area contributed by atoms with Crippen molar-refractivity contribution in [3.8, 4) is 0 Å². The Morgan fingerprint density at radius 3 is 2.53 bits per heavy atom. The molecule has 0 bridgehead atoms. The molecule has 32 heavy (non-hydrogen) atoms. The molecule has 0 spiro atoms. The monoisotopic (exact) mass is 463 g/mol. The van der Waals surface area contributed by atoms with Gasteiger partial charge in [0.2, 0.25) is 5.91 Å². The van der Waals surface area contributed by atoms with Crippen molar-refractivity contribution in [2.24, 2.45) is 5.92 Å². The molecule has 0 unspecified atom stereocenters. The average molecular weight is 464 g/mol. The molecule has 166 valence electrons. The first-order chi connectivity index (χ1) is 15.2. The first-order valence-electron chi connectivity index (χ1n) is 11.0. The molecule has 2 aliphatic heterocycles. The summed E-state index contributed by atoms with van der Waals surface area (Å²) in [5, 5.41) is 16.2. The molecule has 1 saturated carbocycles. The van der Waals surface area contributed by atoms with Crippen LogP contribution in [0, 0.1) is 5.92 Å². The van der Waals surface area contributed by atoms with E-state index in [1.54, 1.807) is 11.1 Å². The van der Waals surface area contributed by atoms with E-state index in [9.17, 15) is 9.59 Å². The molecular formula is C23H30KN5O3. The Morgan fingerprint density at radius 2 is 1.81 bits per heavy atom. The van der Waals surface area contributed by atoms with Crippen LogP contribution in [-0.2, 0) is 4.79 Å². The van der Waals surface area contributed by atoms with Gasteiger partial charge in [-0.15, -0.1) is 0 Å². The van der Waals surface area contributed by atoms with Crippen molar-refractivity contribution in [1.82, 2.24) is 20.5 Å². The van der Waals surface area contributed by atoms with Crippen molar-refractivity contribution < 1.29 is 66.1 Å². The van der Waals surface area contributed by atoms with Gasteiger partial charge in [-0.3, -0.25) is 20.0 Å². The number of fused-ring (bicyclic) bond motifs is 1. The second-order valence-electron chi connectivity index (χ2n) is 8.44.